The molecule has 1 saturated heterocycles. The number of esters is 1. The Morgan fingerprint density at radius 1 is 1.50 bits per heavy atom. The van der Waals surface area contributed by atoms with Gasteiger partial charge in [0.05, 0.1) is 7.11 Å². The fourth-order valence-corrected chi connectivity index (χ4v) is 1.53. The molecule has 1 aromatic rings. The van der Waals surface area contributed by atoms with Gasteiger partial charge in [-0.3, -0.25) is 9.69 Å². The first-order valence-corrected chi connectivity index (χ1v) is 4.67. The van der Waals surface area contributed by atoms with Gasteiger partial charge in [0.2, 0.25) is 0 Å². The highest BCUT2D eigenvalue weighted by Crippen LogP contribution is 2.21. The Morgan fingerprint density at radius 3 is 2.86 bits per heavy atom. The van der Waals surface area contributed by atoms with Crippen molar-refractivity contribution < 1.29 is 9.53 Å². The van der Waals surface area contributed by atoms with E-state index in [9.17, 15) is 4.79 Å². The fraction of sp³-hybridized carbons (Fsp3) is 0.364. The smallest absolute Gasteiger partial charge is 0.324 e. The molecule has 3 heteroatoms. The van der Waals surface area contributed by atoms with Crippen LogP contribution in [0.4, 0.5) is 0 Å². The predicted octanol–water partition coefficient (Wildman–Crippen LogP) is 1.04. The van der Waals surface area contributed by atoms with Crippen LogP contribution in [0, 0.1) is 0 Å². The summed E-state index contributed by atoms with van der Waals surface area (Å²) in [6.07, 6.45) is 0. The van der Waals surface area contributed by atoms with Crippen molar-refractivity contribution in [2.75, 3.05) is 13.7 Å². The molecule has 2 atom stereocenters. The number of nitrogens with zero attached hydrogens (tertiary/aromatic N) is 1. The van der Waals surface area contributed by atoms with E-state index in [0.717, 1.165) is 13.1 Å². The first-order chi connectivity index (χ1) is 6.81. The van der Waals surface area contributed by atoms with Gasteiger partial charge in [-0.1, -0.05) is 30.3 Å². The monoisotopic (exact) mass is 191 g/mol. The zero-order valence-electron chi connectivity index (χ0n) is 8.14. The summed E-state index contributed by atoms with van der Waals surface area (Å²) in [5.74, 6) is -0.124. The highest BCUT2D eigenvalue weighted by molar-refractivity contribution is 5.78. The van der Waals surface area contributed by atoms with Crippen LogP contribution in [0.2, 0.25) is 0 Å². The molecule has 1 fully saturated rings. The summed E-state index contributed by atoms with van der Waals surface area (Å²) < 4.78 is 4.66. The standard InChI is InChI=1S/C11H13NO2/c1-14-11(13)10-8-12(10)7-9-5-3-2-4-6-9/h2-6,10H,7-8H2,1H3/t10-,12?/m0/s1. The van der Waals surface area contributed by atoms with Gasteiger partial charge in [0.25, 0.3) is 0 Å². The second-order valence-electron chi connectivity index (χ2n) is 3.45. The second-order valence-corrected chi connectivity index (χ2v) is 3.45. The number of benzene rings is 1. The maximum Gasteiger partial charge on any atom is 0.324 e. The summed E-state index contributed by atoms with van der Waals surface area (Å²) in [4.78, 5) is 13.2. The van der Waals surface area contributed by atoms with Crippen LogP contribution in [0.5, 0.6) is 0 Å². The van der Waals surface area contributed by atoms with Gasteiger partial charge in [-0.2, -0.15) is 0 Å². The summed E-state index contributed by atoms with van der Waals surface area (Å²) in [5.41, 5.74) is 1.24. The molecule has 1 aliphatic heterocycles. The topological polar surface area (TPSA) is 29.3 Å². The SMILES string of the molecule is COC(=O)[C@@H]1CN1Cc1ccccc1. The van der Waals surface area contributed by atoms with E-state index >= 15 is 0 Å². The Morgan fingerprint density at radius 2 is 2.21 bits per heavy atom. The van der Waals surface area contributed by atoms with E-state index in [2.05, 4.69) is 21.8 Å². The molecule has 0 N–H and O–H groups in total. The molecule has 0 bridgehead atoms. The van der Waals surface area contributed by atoms with Crippen LogP contribution in [0.3, 0.4) is 0 Å². The molecular formula is C11H13NO2. The number of rotatable bonds is 3. The first kappa shape index (κ1) is 9.21. The summed E-state index contributed by atoms with van der Waals surface area (Å²) in [6, 6.07) is 10.1. The van der Waals surface area contributed by atoms with E-state index in [0.29, 0.717) is 0 Å². The van der Waals surface area contributed by atoms with Crippen LogP contribution in [0.1, 0.15) is 5.56 Å². The van der Waals surface area contributed by atoms with Crippen molar-refractivity contribution >= 4 is 5.97 Å². The summed E-state index contributed by atoms with van der Waals surface area (Å²) in [5, 5.41) is 0. The number of carbonyl (C=O) groups is 1. The van der Waals surface area contributed by atoms with Gasteiger partial charge in [0, 0.05) is 13.1 Å². The number of hydrogen-bond donors (Lipinski definition) is 0. The van der Waals surface area contributed by atoms with E-state index in [1.54, 1.807) is 0 Å². The van der Waals surface area contributed by atoms with Crippen molar-refractivity contribution in [2.45, 2.75) is 12.6 Å². The molecule has 0 amide bonds. The fourth-order valence-electron chi connectivity index (χ4n) is 1.53. The Hall–Kier alpha value is -1.35. The predicted molar refractivity (Wildman–Crippen MR) is 52.7 cm³/mol. The third kappa shape index (κ3) is 1.93. The largest absolute Gasteiger partial charge is 0.468 e. The number of carbonyl (C=O) groups excluding carboxylic acids is 1. The van der Waals surface area contributed by atoms with Gasteiger partial charge >= 0.3 is 5.97 Å². The normalized spacial score (nSPS) is 24.4. The molecule has 0 aromatic heterocycles. The van der Waals surface area contributed by atoms with E-state index < -0.39 is 0 Å². The van der Waals surface area contributed by atoms with E-state index in [4.69, 9.17) is 0 Å². The van der Waals surface area contributed by atoms with Gasteiger partial charge < -0.3 is 4.74 Å². The molecule has 14 heavy (non-hydrogen) atoms. The molecule has 0 spiro atoms. The van der Waals surface area contributed by atoms with Crippen LogP contribution in [0.25, 0.3) is 0 Å². The molecule has 0 aliphatic carbocycles. The van der Waals surface area contributed by atoms with Gasteiger partial charge in [-0.05, 0) is 5.56 Å². The minimum atomic E-state index is -0.124. The maximum absolute atomic E-state index is 11.1. The second kappa shape index (κ2) is 3.80. The third-order valence-electron chi connectivity index (χ3n) is 2.42. The van der Waals surface area contributed by atoms with Crippen molar-refractivity contribution in [1.82, 2.24) is 4.90 Å². The average molecular weight is 191 g/mol. The van der Waals surface area contributed by atoms with Crippen LogP contribution < -0.4 is 0 Å². The summed E-state index contributed by atoms with van der Waals surface area (Å²) in [6.45, 7) is 1.65. The zero-order valence-corrected chi connectivity index (χ0v) is 8.14. The van der Waals surface area contributed by atoms with Crippen LogP contribution in [-0.4, -0.2) is 30.6 Å². The molecule has 1 aromatic carbocycles. The molecule has 0 radical (unpaired) electrons. The number of ether oxygens (including phenoxy) is 1. The number of hydrogen-bond acceptors (Lipinski definition) is 3. The van der Waals surface area contributed by atoms with Gasteiger partial charge in [-0.15, -0.1) is 0 Å². The van der Waals surface area contributed by atoms with Crippen molar-refractivity contribution in [3.63, 3.8) is 0 Å². The lowest BCUT2D eigenvalue weighted by atomic mass is 10.2. The lowest BCUT2D eigenvalue weighted by Gasteiger charge is -2.02. The van der Waals surface area contributed by atoms with E-state index in [1.165, 1.54) is 12.7 Å². The highest BCUT2D eigenvalue weighted by Gasteiger charge is 2.40. The number of methoxy groups -OCH3 is 1. The van der Waals surface area contributed by atoms with Crippen LogP contribution in [0.15, 0.2) is 30.3 Å². The quantitative estimate of drug-likeness (QED) is 0.528. The van der Waals surface area contributed by atoms with Gasteiger partial charge in [0.1, 0.15) is 6.04 Å². The molecule has 2 rings (SSSR count). The molecule has 1 heterocycles. The first-order valence-electron chi connectivity index (χ1n) is 4.67. The van der Waals surface area contributed by atoms with Gasteiger partial charge in [-0.25, -0.2) is 0 Å². The molecule has 1 aliphatic rings. The molecular weight excluding hydrogens is 178 g/mol. The lowest BCUT2D eigenvalue weighted by Crippen LogP contribution is -2.14. The summed E-state index contributed by atoms with van der Waals surface area (Å²) >= 11 is 0. The van der Waals surface area contributed by atoms with Gasteiger partial charge in [0.15, 0.2) is 0 Å². The molecule has 3 nitrogen and oxygen atoms in total. The van der Waals surface area contributed by atoms with Crippen molar-refractivity contribution in [3.8, 4) is 0 Å². The lowest BCUT2D eigenvalue weighted by molar-refractivity contribution is -0.140. The molecule has 0 saturated carbocycles. The highest BCUT2D eigenvalue weighted by atomic mass is 16.5. The van der Waals surface area contributed by atoms with Crippen LogP contribution >= 0.6 is 0 Å². The zero-order chi connectivity index (χ0) is 9.97. The average Bonchev–Trinajstić information content (AvgIpc) is 2.98. The molecule has 74 valence electrons. The van der Waals surface area contributed by atoms with Crippen LogP contribution in [-0.2, 0) is 16.1 Å². The Kier molecular flexibility index (Phi) is 2.50. The molecule has 1 unspecified atom stereocenters. The Balaban J connectivity index is 1.88. The Bertz CT molecular complexity index is 323. The van der Waals surface area contributed by atoms with E-state index in [1.807, 2.05) is 18.2 Å². The third-order valence-corrected chi connectivity index (χ3v) is 2.42. The Labute approximate surface area is 83.3 Å². The van der Waals surface area contributed by atoms with E-state index in [-0.39, 0.29) is 12.0 Å². The summed E-state index contributed by atoms with van der Waals surface area (Å²) in [7, 11) is 1.43. The minimum Gasteiger partial charge on any atom is -0.468 e. The van der Waals surface area contributed by atoms with Crippen molar-refractivity contribution in [3.05, 3.63) is 35.9 Å². The van der Waals surface area contributed by atoms with Crippen molar-refractivity contribution in [1.29, 1.82) is 0 Å². The maximum atomic E-state index is 11.1. The van der Waals surface area contributed by atoms with Crippen molar-refractivity contribution in [2.24, 2.45) is 0 Å². The minimum absolute atomic E-state index is 0.0137.